The number of para-hydroxylation sites is 1. The van der Waals surface area contributed by atoms with Gasteiger partial charge in [0.2, 0.25) is 5.91 Å². The van der Waals surface area contributed by atoms with Gasteiger partial charge < -0.3 is 5.32 Å². The second-order valence-corrected chi connectivity index (χ2v) is 9.48. The fourth-order valence-electron chi connectivity index (χ4n) is 2.71. The second kappa shape index (κ2) is 20.0. The third-order valence-corrected chi connectivity index (χ3v) is 6.15. The number of carbonyl (C=O) groups is 1. The van der Waals surface area contributed by atoms with E-state index in [1.807, 2.05) is 66.7 Å². The fraction of sp³-hybridized carbons (Fsp3) is 0.167. The zero-order valence-corrected chi connectivity index (χ0v) is 22.9. The van der Waals surface area contributed by atoms with Gasteiger partial charge in [0.15, 0.2) is 0 Å². The van der Waals surface area contributed by atoms with Gasteiger partial charge in [0.05, 0.1) is 15.7 Å². The number of nitrogens with one attached hydrogen (secondary N) is 1. The first-order valence-electron chi connectivity index (χ1n) is 10.2. The second-order valence-electron chi connectivity index (χ2n) is 6.94. The van der Waals surface area contributed by atoms with Crippen LogP contribution in [0.5, 0.6) is 0 Å². The first kappa shape index (κ1) is 37.1. The van der Waals surface area contributed by atoms with E-state index in [4.69, 9.17) is 46.4 Å². The third-order valence-electron chi connectivity index (χ3n) is 4.28. The molecule has 0 aliphatic carbocycles. The number of carbonyl (C=O) groups excluding carboxylic acids is 1. The van der Waals surface area contributed by atoms with Gasteiger partial charge in [-0.25, -0.2) is 0 Å². The molecule has 0 unspecified atom stereocenters. The molecular weight excluding hydrogens is 612 g/mol. The third kappa shape index (κ3) is 13.9. The van der Waals surface area contributed by atoms with Crippen molar-refractivity contribution >= 4 is 73.9 Å². The van der Waals surface area contributed by atoms with Gasteiger partial charge in [0, 0.05) is 27.9 Å². The van der Waals surface area contributed by atoms with Crippen molar-refractivity contribution in [1.29, 1.82) is 0 Å². The van der Waals surface area contributed by atoms with Crippen LogP contribution in [-0.4, -0.2) is 5.91 Å². The molecule has 0 aromatic heterocycles. The summed E-state index contributed by atoms with van der Waals surface area (Å²) in [6.07, 6.45) is 0.777. The Morgan fingerprint density at radius 1 is 0.649 bits per heavy atom. The lowest BCUT2D eigenvalue weighted by Crippen LogP contribution is -2.06. The predicted molar refractivity (Wildman–Crippen MR) is 171 cm³/mol. The molecule has 0 heterocycles. The lowest BCUT2D eigenvalue weighted by Gasteiger charge is -2.06. The smallest absolute Gasteiger partial charge is 0.221 e. The molecular formula is C30H34BrCl4NO. The van der Waals surface area contributed by atoms with Crippen molar-refractivity contribution in [2.24, 2.45) is 0 Å². The number of anilines is 1. The topological polar surface area (TPSA) is 29.1 Å². The van der Waals surface area contributed by atoms with Crippen molar-refractivity contribution in [2.45, 2.75) is 35.6 Å². The van der Waals surface area contributed by atoms with E-state index < -0.39 is 0 Å². The molecule has 0 radical (unpaired) electrons. The van der Waals surface area contributed by atoms with Gasteiger partial charge in [0.1, 0.15) is 0 Å². The molecule has 37 heavy (non-hydrogen) atoms. The van der Waals surface area contributed by atoms with Gasteiger partial charge in [-0.2, -0.15) is 0 Å². The number of rotatable bonds is 3. The monoisotopic (exact) mass is 643 g/mol. The van der Waals surface area contributed by atoms with Crippen LogP contribution in [-0.2, 0) is 11.2 Å². The van der Waals surface area contributed by atoms with E-state index >= 15 is 0 Å². The highest BCUT2D eigenvalue weighted by Gasteiger charge is 2.06. The molecule has 0 atom stereocenters. The Morgan fingerprint density at radius 2 is 1.05 bits per heavy atom. The molecule has 4 rings (SSSR count). The summed E-state index contributed by atoms with van der Waals surface area (Å²) < 4.78 is 1.13. The summed E-state index contributed by atoms with van der Waals surface area (Å²) in [6, 6.07) is 30.8. The highest BCUT2D eigenvalue weighted by Crippen LogP contribution is 2.29. The molecule has 1 N–H and O–H groups in total. The molecule has 0 bridgehead atoms. The van der Waals surface area contributed by atoms with E-state index in [0.717, 1.165) is 26.5 Å². The zero-order chi connectivity index (χ0) is 24.9. The van der Waals surface area contributed by atoms with E-state index in [1.54, 1.807) is 18.2 Å². The van der Waals surface area contributed by atoms with E-state index in [-0.39, 0.29) is 28.2 Å². The Morgan fingerprint density at radius 3 is 1.43 bits per heavy atom. The van der Waals surface area contributed by atoms with Crippen LogP contribution in [0.15, 0.2) is 102 Å². The molecule has 7 heteroatoms. The van der Waals surface area contributed by atoms with Crippen molar-refractivity contribution < 1.29 is 4.79 Å². The molecule has 0 aliphatic heterocycles. The summed E-state index contributed by atoms with van der Waals surface area (Å²) in [5.74, 6) is -0.190. The Balaban J connectivity index is 0. The molecule has 0 spiro atoms. The SMILES string of the molecule is Brc1ccccc1.C.C.C.CC(=O)Nc1c(Cl)cccc1Cl.Clc1cccc(Cl)c1Cc1ccccc1. The van der Waals surface area contributed by atoms with Crippen LogP contribution in [0, 0.1) is 0 Å². The number of hydrogen-bond acceptors (Lipinski definition) is 1. The van der Waals surface area contributed by atoms with Gasteiger partial charge in [0.25, 0.3) is 0 Å². The molecule has 200 valence electrons. The summed E-state index contributed by atoms with van der Waals surface area (Å²) in [6.45, 7) is 1.40. The van der Waals surface area contributed by atoms with Gasteiger partial charge >= 0.3 is 0 Å². The normalized spacial score (nSPS) is 8.92. The highest BCUT2D eigenvalue weighted by molar-refractivity contribution is 9.10. The van der Waals surface area contributed by atoms with E-state index in [0.29, 0.717) is 15.7 Å². The highest BCUT2D eigenvalue weighted by atomic mass is 79.9. The fourth-order valence-corrected chi connectivity index (χ4v) is 4.04. The molecule has 0 fully saturated rings. The molecule has 0 saturated heterocycles. The van der Waals surface area contributed by atoms with Crippen molar-refractivity contribution in [3.63, 3.8) is 0 Å². The molecule has 0 saturated carbocycles. The Labute approximate surface area is 251 Å². The van der Waals surface area contributed by atoms with E-state index in [1.165, 1.54) is 12.5 Å². The van der Waals surface area contributed by atoms with E-state index in [2.05, 4.69) is 33.4 Å². The molecule has 2 nitrogen and oxygen atoms in total. The maximum atomic E-state index is 10.7. The van der Waals surface area contributed by atoms with Crippen molar-refractivity contribution in [3.05, 3.63) is 133 Å². The van der Waals surface area contributed by atoms with Crippen LogP contribution in [0.1, 0.15) is 40.3 Å². The first-order valence-corrected chi connectivity index (χ1v) is 12.5. The molecule has 4 aromatic carbocycles. The maximum Gasteiger partial charge on any atom is 0.221 e. The summed E-state index contributed by atoms with van der Waals surface area (Å²) in [5.41, 5.74) is 2.67. The van der Waals surface area contributed by atoms with Gasteiger partial charge in [-0.3, -0.25) is 4.79 Å². The van der Waals surface area contributed by atoms with Crippen LogP contribution >= 0.6 is 62.3 Å². The first-order chi connectivity index (χ1) is 16.3. The van der Waals surface area contributed by atoms with E-state index in [9.17, 15) is 4.79 Å². The molecule has 1 amide bonds. The minimum Gasteiger partial charge on any atom is -0.324 e. The number of amides is 1. The Hall–Kier alpha value is -2.01. The summed E-state index contributed by atoms with van der Waals surface area (Å²) in [7, 11) is 0. The van der Waals surface area contributed by atoms with Crippen LogP contribution < -0.4 is 5.32 Å². The quantitative estimate of drug-likeness (QED) is 0.236. The van der Waals surface area contributed by atoms with Gasteiger partial charge in [-0.05, 0) is 47.5 Å². The molecule has 4 aromatic rings. The summed E-state index contributed by atoms with van der Waals surface area (Å²) in [4.78, 5) is 10.7. The number of hydrogen-bond donors (Lipinski definition) is 1. The van der Waals surface area contributed by atoms with Gasteiger partial charge in [-0.15, -0.1) is 0 Å². The predicted octanol–water partition coefficient (Wildman–Crippen LogP) is 11.9. The number of benzene rings is 4. The standard InChI is InChI=1S/C13H10Cl2.C8H7Cl2NO.C6H5Br.3CH4/c14-12-7-4-8-13(15)11(12)9-10-5-2-1-3-6-10;1-5(12)11-8-6(9)3-2-4-7(8)10;7-6-4-2-1-3-5-6;;;/h1-8H,9H2;2-4H,1H3,(H,11,12);1-5H;3*1H4. The Bertz CT molecular complexity index is 1150. The van der Waals surface area contributed by atoms with Crippen LogP contribution in [0.4, 0.5) is 5.69 Å². The van der Waals surface area contributed by atoms with Gasteiger partial charge in [-0.1, -0.05) is 145 Å². The lowest BCUT2D eigenvalue weighted by molar-refractivity contribution is -0.114. The average molecular weight is 646 g/mol. The van der Waals surface area contributed by atoms with Crippen LogP contribution in [0.2, 0.25) is 20.1 Å². The molecule has 0 aliphatic rings. The summed E-state index contributed by atoms with van der Waals surface area (Å²) >= 11 is 27.1. The van der Waals surface area contributed by atoms with Crippen molar-refractivity contribution in [1.82, 2.24) is 0 Å². The summed E-state index contributed by atoms with van der Waals surface area (Å²) in [5, 5.41) is 4.88. The maximum absolute atomic E-state index is 10.7. The minimum absolute atomic E-state index is 0. The van der Waals surface area contributed by atoms with Crippen molar-refractivity contribution in [2.75, 3.05) is 5.32 Å². The largest absolute Gasteiger partial charge is 0.324 e. The zero-order valence-electron chi connectivity index (χ0n) is 18.2. The Kier molecular flexibility index (Phi) is 20.1. The lowest BCUT2D eigenvalue weighted by atomic mass is 10.1. The van der Waals surface area contributed by atoms with Crippen LogP contribution in [0.25, 0.3) is 0 Å². The number of halogens is 5. The average Bonchev–Trinajstić information content (AvgIpc) is 2.81. The van der Waals surface area contributed by atoms with Crippen molar-refractivity contribution in [3.8, 4) is 0 Å². The van der Waals surface area contributed by atoms with Crippen LogP contribution in [0.3, 0.4) is 0 Å². The minimum atomic E-state index is -0.190.